The molecule has 1 aliphatic rings. The summed E-state index contributed by atoms with van der Waals surface area (Å²) in [6.07, 6.45) is 8.65. The van der Waals surface area contributed by atoms with Crippen LogP contribution in [0, 0.1) is 0 Å². The van der Waals surface area contributed by atoms with E-state index in [0.29, 0.717) is 25.1 Å². The van der Waals surface area contributed by atoms with E-state index in [4.69, 9.17) is 0 Å². The maximum Gasteiger partial charge on any atom is 0.326 e. The lowest BCUT2D eigenvalue weighted by molar-refractivity contribution is -0.138. The summed E-state index contributed by atoms with van der Waals surface area (Å²) >= 11 is 0. The highest BCUT2D eigenvalue weighted by molar-refractivity contribution is 5.78. The Bertz CT molecular complexity index is 844. The lowest BCUT2D eigenvalue weighted by Crippen LogP contribution is -2.34. The molecular weight excluding hydrogens is 382 g/mol. The third-order valence-electron chi connectivity index (χ3n) is 5.09. The number of carboxylic acid groups (broad SMARTS) is 1. The van der Waals surface area contributed by atoms with Gasteiger partial charge in [0.25, 0.3) is 0 Å². The van der Waals surface area contributed by atoms with Crippen molar-refractivity contribution in [3.8, 4) is 0 Å². The van der Waals surface area contributed by atoms with Gasteiger partial charge in [-0.25, -0.2) is 9.78 Å². The Hall–Kier alpha value is -3.16. The van der Waals surface area contributed by atoms with Gasteiger partial charge >= 0.3 is 5.97 Å². The number of hydrogen-bond acceptors (Lipinski definition) is 6. The number of hydrogen-bond donors (Lipinski definition) is 4. The van der Waals surface area contributed by atoms with Gasteiger partial charge < -0.3 is 21.1 Å². The first kappa shape index (κ1) is 21.5. The van der Waals surface area contributed by atoms with E-state index in [-0.39, 0.29) is 5.91 Å². The lowest BCUT2D eigenvalue weighted by Gasteiger charge is -2.17. The van der Waals surface area contributed by atoms with Crippen LogP contribution in [0.4, 0.5) is 11.5 Å². The summed E-state index contributed by atoms with van der Waals surface area (Å²) in [5, 5.41) is 18.4. The van der Waals surface area contributed by atoms with Gasteiger partial charge in [0.15, 0.2) is 0 Å². The number of anilines is 2. The van der Waals surface area contributed by atoms with E-state index < -0.39 is 12.0 Å². The number of aryl methyl sites for hydroxylation is 2. The molecular formula is C22H29N5O3. The summed E-state index contributed by atoms with van der Waals surface area (Å²) in [7, 11) is 0. The summed E-state index contributed by atoms with van der Waals surface area (Å²) in [6, 6.07) is 6.94. The molecule has 2 aromatic heterocycles. The number of nitrogens with one attached hydrogen (secondary N) is 3. The Morgan fingerprint density at radius 1 is 1.23 bits per heavy atom. The summed E-state index contributed by atoms with van der Waals surface area (Å²) < 4.78 is 0. The van der Waals surface area contributed by atoms with Crippen molar-refractivity contribution in [3.05, 3.63) is 47.9 Å². The molecule has 2 aromatic rings. The number of amides is 1. The molecule has 160 valence electrons. The van der Waals surface area contributed by atoms with Gasteiger partial charge in [-0.15, -0.1) is 0 Å². The van der Waals surface area contributed by atoms with Crippen LogP contribution in [-0.2, 0) is 22.4 Å². The lowest BCUT2D eigenvalue weighted by atomic mass is 10.1. The van der Waals surface area contributed by atoms with Gasteiger partial charge in [-0.3, -0.25) is 9.78 Å². The SMILES string of the molecule is O=C(CCCCc1ccc2c(n1)NCCC2)NCCC(Nc1cccnc1)C(=O)O. The first-order valence-electron chi connectivity index (χ1n) is 10.5. The normalized spacial score (nSPS) is 13.6. The Labute approximate surface area is 176 Å². The standard InChI is InChI=1S/C22H29N5O3/c28-20(24-14-11-19(22(29)30)26-18-7-4-12-23-15-18)8-2-1-6-17-10-9-16-5-3-13-25-21(16)27-17/h4,7,9-10,12,15,19,26H,1-3,5-6,8,11,13-14H2,(H,24,28)(H,25,27)(H,29,30). The summed E-state index contributed by atoms with van der Waals surface area (Å²) in [5.41, 5.74) is 2.97. The van der Waals surface area contributed by atoms with E-state index in [9.17, 15) is 14.7 Å². The highest BCUT2D eigenvalue weighted by atomic mass is 16.4. The van der Waals surface area contributed by atoms with Gasteiger partial charge in [-0.2, -0.15) is 0 Å². The molecule has 8 nitrogen and oxygen atoms in total. The molecule has 1 amide bonds. The molecule has 0 saturated carbocycles. The van der Waals surface area contributed by atoms with Crippen molar-refractivity contribution in [2.75, 3.05) is 23.7 Å². The Kier molecular flexibility index (Phi) is 8.00. The van der Waals surface area contributed by atoms with E-state index in [1.807, 2.05) is 0 Å². The minimum absolute atomic E-state index is 0.0550. The summed E-state index contributed by atoms with van der Waals surface area (Å²) in [6.45, 7) is 1.28. The number of pyridine rings is 2. The molecule has 0 radical (unpaired) electrons. The van der Waals surface area contributed by atoms with E-state index in [2.05, 4.69) is 38.1 Å². The molecule has 0 fully saturated rings. The predicted octanol–water partition coefficient (Wildman–Crippen LogP) is 2.62. The molecule has 1 unspecified atom stereocenters. The van der Waals surface area contributed by atoms with Crippen molar-refractivity contribution in [2.45, 2.75) is 51.0 Å². The third-order valence-corrected chi connectivity index (χ3v) is 5.09. The van der Waals surface area contributed by atoms with Crippen LogP contribution in [0.5, 0.6) is 0 Å². The number of rotatable bonds is 11. The molecule has 4 N–H and O–H groups in total. The van der Waals surface area contributed by atoms with Gasteiger partial charge in [0.05, 0.1) is 5.69 Å². The Morgan fingerprint density at radius 2 is 2.13 bits per heavy atom. The number of unbranched alkanes of at least 4 members (excludes halogenated alkanes) is 1. The van der Waals surface area contributed by atoms with Crippen LogP contribution in [0.1, 0.15) is 43.4 Å². The van der Waals surface area contributed by atoms with Crippen LogP contribution in [0.3, 0.4) is 0 Å². The molecule has 0 saturated heterocycles. The fraction of sp³-hybridized carbons (Fsp3) is 0.455. The van der Waals surface area contributed by atoms with Gasteiger partial charge in [0, 0.05) is 37.6 Å². The monoisotopic (exact) mass is 411 g/mol. The predicted molar refractivity (Wildman–Crippen MR) is 116 cm³/mol. The molecule has 3 rings (SSSR count). The zero-order chi connectivity index (χ0) is 21.2. The second-order valence-corrected chi connectivity index (χ2v) is 7.46. The van der Waals surface area contributed by atoms with Crippen molar-refractivity contribution >= 4 is 23.4 Å². The molecule has 0 aliphatic carbocycles. The fourth-order valence-electron chi connectivity index (χ4n) is 3.45. The molecule has 0 aromatic carbocycles. The van der Waals surface area contributed by atoms with E-state index in [0.717, 1.165) is 50.2 Å². The van der Waals surface area contributed by atoms with Crippen LogP contribution < -0.4 is 16.0 Å². The van der Waals surface area contributed by atoms with Crippen LogP contribution >= 0.6 is 0 Å². The number of fused-ring (bicyclic) bond motifs is 1. The number of nitrogens with zero attached hydrogens (tertiary/aromatic N) is 2. The second-order valence-electron chi connectivity index (χ2n) is 7.46. The third kappa shape index (κ3) is 6.72. The van der Waals surface area contributed by atoms with Crippen molar-refractivity contribution in [3.63, 3.8) is 0 Å². The van der Waals surface area contributed by atoms with Crippen LogP contribution in [-0.4, -0.2) is 46.1 Å². The molecule has 0 bridgehead atoms. The highest BCUT2D eigenvalue weighted by Gasteiger charge is 2.17. The van der Waals surface area contributed by atoms with E-state index in [1.165, 1.54) is 5.56 Å². The second kappa shape index (κ2) is 11.1. The Morgan fingerprint density at radius 3 is 2.93 bits per heavy atom. The average molecular weight is 412 g/mol. The largest absolute Gasteiger partial charge is 0.480 e. The molecule has 0 spiro atoms. The van der Waals surface area contributed by atoms with Gasteiger partial charge in [0.1, 0.15) is 11.9 Å². The van der Waals surface area contributed by atoms with Gasteiger partial charge in [0.2, 0.25) is 5.91 Å². The summed E-state index contributed by atoms with van der Waals surface area (Å²) in [4.78, 5) is 32.1. The molecule has 3 heterocycles. The quantitative estimate of drug-likeness (QED) is 0.420. The topological polar surface area (TPSA) is 116 Å². The highest BCUT2D eigenvalue weighted by Crippen LogP contribution is 2.20. The molecule has 1 aliphatic heterocycles. The molecule has 8 heteroatoms. The van der Waals surface area contributed by atoms with Crippen molar-refractivity contribution in [2.24, 2.45) is 0 Å². The number of aliphatic carboxylic acids is 1. The van der Waals surface area contributed by atoms with E-state index >= 15 is 0 Å². The number of carbonyl (C=O) groups is 2. The average Bonchev–Trinajstić information content (AvgIpc) is 2.76. The van der Waals surface area contributed by atoms with Gasteiger partial charge in [-0.05, 0) is 62.3 Å². The number of carbonyl (C=O) groups excluding carboxylic acids is 1. The summed E-state index contributed by atoms with van der Waals surface area (Å²) in [5.74, 6) is -0.00917. The first-order valence-corrected chi connectivity index (χ1v) is 10.5. The van der Waals surface area contributed by atoms with Gasteiger partial charge in [-0.1, -0.05) is 6.07 Å². The minimum Gasteiger partial charge on any atom is -0.480 e. The number of carboxylic acids is 1. The van der Waals surface area contributed by atoms with Crippen molar-refractivity contribution in [1.82, 2.24) is 15.3 Å². The van der Waals surface area contributed by atoms with Crippen LogP contribution in [0.25, 0.3) is 0 Å². The zero-order valence-corrected chi connectivity index (χ0v) is 17.1. The maximum absolute atomic E-state index is 12.0. The van der Waals surface area contributed by atoms with E-state index in [1.54, 1.807) is 24.5 Å². The van der Waals surface area contributed by atoms with Crippen LogP contribution in [0.15, 0.2) is 36.7 Å². The first-order chi connectivity index (χ1) is 14.6. The van der Waals surface area contributed by atoms with Crippen molar-refractivity contribution in [1.29, 1.82) is 0 Å². The Balaban J connectivity index is 1.32. The fourth-order valence-corrected chi connectivity index (χ4v) is 3.45. The van der Waals surface area contributed by atoms with Crippen LogP contribution in [0.2, 0.25) is 0 Å². The smallest absolute Gasteiger partial charge is 0.326 e. The minimum atomic E-state index is -0.958. The molecule has 30 heavy (non-hydrogen) atoms. The zero-order valence-electron chi connectivity index (χ0n) is 17.1. The molecule has 1 atom stereocenters. The van der Waals surface area contributed by atoms with Crippen molar-refractivity contribution < 1.29 is 14.7 Å². The number of aromatic nitrogens is 2. The maximum atomic E-state index is 12.0.